The number of carboxylic acid groups (broad SMARTS) is 1. The lowest BCUT2D eigenvalue weighted by Gasteiger charge is -2.10. The molecule has 1 aromatic rings. The average Bonchev–Trinajstić information content (AvgIpc) is 2.53. The number of hydrogen-bond acceptors (Lipinski definition) is 4. The van der Waals surface area contributed by atoms with E-state index < -0.39 is 11.2 Å². The highest BCUT2D eigenvalue weighted by Crippen LogP contribution is 2.35. The first-order chi connectivity index (χ1) is 8.16. The van der Waals surface area contributed by atoms with Crippen LogP contribution in [0.5, 0.6) is 11.5 Å². The fraction of sp³-hybridized carbons (Fsp3) is 0.417. The van der Waals surface area contributed by atoms with Gasteiger partial charge in [-0.2, -0.15) is 0 Å². The fourth-order valence-corrected chi connectivity index (χ4v) is 2.30. The van der Waals surface area contributed by atoms with E-state index in [4.69, 9.17) is 14.6 Å². The maximum absolute atomic E-state index is 10.8. The van der Waals surface area contributed by atoms with Gasteiger partial charge in [0.1, 0.15) is 5.25 Å². The molecular weight excluding hydrogens is 240 g/mol. The smallest absolute Gasteiger partial charge is 0.316 e. The first-order valence-electron chi connectivity index (χ1n) is 5.46. The fourth-order valence-electron chi connectivity index (χ4n) is 1.47. The van der Waals surface area contributed by atoms with Crippen molar-refractivity contribution in [3.8, 4) is 11.5 Å². The van der Waals surface area contributed by atoms with Crippen molar-refractivity contribution in [2.75, 3.05) is 13.2 Å². The highest BCUT2D eigenvalue weighted by atomic mass is 32.2. The zero-order valence-corrected chi connectivity index (χ0v) is 10.3. The van der Waals surface area contributed by atoms with Crippen LogP contribution in [-0.4, -0.2) is 29.5 Å². The first kappa shape index (κ1) is 12.1. The number of thioether (sulfide) groups is 1. The van der Waals surface area contributed by atoms with Crippen LogP contribution >= 0.6 is 11.8 Å². The summed E-state index contributed by atoms with van der Waals surface area (Å²) in [6.07, 6.45) is 0.864. The molecule has 0 saturated carbocycles. The maximum atomic E-state index is 10.8. The van der Waals surface area contributed by atoms with Gasteiger partial charge in [0, 0.05) is 11.3 Å². The molecule has 0 radical (unpaired) electrons. The Morgan fingerprint density at radius 2 is 2.06 bits per heavy atom. The van der Waals surface area contributed by atoms with Crippen LogP contribution in [0.3, 0.4) is 0 Å². The van der Waals surface area contributed by atoms with E-state index in [-0.39, 0.29) is 0 Å². The number of aliphatic carboxylic acids is 1. The lowest BCUT2D eigenvalue weighted by molar-refractivity contribution is -0.136. The summed E-state index contributed by atoms with van der Waals surface area (Å²) in [5.41, 5.74) is 0. The van der Waals surface area contributed by atoms with E-state index in [1.807, 2.05) is 18.2 Å². The summed E-state index contributed by atoms with van der Waals surface area (Å²) in [5, 5.41) is 8.38. The van der Waals surface area contributed by atoms with Gasteiger partial charge in [-0.1, -0.05) is 0 Å². The van der Waals surface area contributed by atoms with Gasteiger partial charge >= 0.3 is 5.97 Å². The molecule has 1 atom stereocenters. The van der Waals surface area contributed by atoms with Gasteiger partial charge in [-0.25, -0.2) is 0 Å². The Morgan fingerprint density at radius 1 is 1.35 bits per heavy atom. The van der Waals surface area contributed by atoms with Crippen molar-refractivity contribution in [1.29, 1.82) is 0 Å². The van der Waals surface area contributed by atoms with Gasteiger partial charge in [0.05, 0.1) is 13.2 Å². The van der Waals surface area contributed by atoms with Crippen LogP contribution in [0, 0.1) is 0 Å². The summed E-state index contributed by atoms with van der Waals surface area (Å²) < 4.78 is 11.1. The summed E-state index contributed by atoms with van der Waals surface area (Å²) in [6, 6.07) is 5.53. The molecule has 0 spiro atoms. The van der Waals surface area contributed by atoms with Crippen LogP contribution in [0.4, 0.5) is 0 Å². The summed E-state index contributed by atoms with van der Waals surface area (Å²) in [7, 11) is 0. The number of fused-ring (bicyclic) bond motifs is 1. The Balaban J connectivity index is 2.15. The Labute approximate surface area is 104 Å². The standard InChI is InChI=1S/C12H14O4S/c1-8(12(13)14)17-9-3-4-10-11(7-9)16-6-2-5-15-10/h3-4,7-8H,2,5-6H2,1H3,(H,13,14)/t8-/m0/s1. The minimum Gasteiger partial charge on any atom is -0.490 e. The third-order valence-electron chi connectivity index (χ3n) is 2.38. The molecule has 1 N–H and O–H groups in total. The van der Waals surface area contributed by atoms with Crippen LogP contribution in [0.1, 0.15) is 13.3 Å². The van der Waals surface area contributed by atoms with Crippen LogP contribution in [0.15, 0.2) is 23.1 Å². The Bertz CT molecular complexity index is 419. The van der Waals surface area contributed by atoms with Gasteiger partial charge in [-0.15, -0.1) is 11.8 Å². The zero-order chi connectivity index (χ0) is 12.3. The van der Waals surface area contributed by atoms with Crippen molar-refractivity contribution >= 4 is 17.7 Å². The van der Waals surface area contributed by atoms with Crippen LogP contribution in [0.2, 0.25) is 0 Å². The van der Waals surface area contributed by atoms with Crippen molar-refractivity contribution in [3.63, 3.8) is 0 Å². The van der Waals surface area contributed by atoms with Crippen molar-refractivity contribution < 1.29 is 19.4 Å². The predicted octanol–water partition coefficient (Wildman–Crippen LogP) is 2.41. The molecule has 0 saturated heterocycles. The first-order valence-corrected chi connectivity index (χ1v) is 6.34. The third-order valence-corrected chi connectivity index (χ3v) is 3.46. The maximum Gasteiger partial charge on any atom is 0.316 e. The van der Waals surface area contributed by atoms with Crippen LogP contribution in [0.25, 0.3) is 0 Å². The van der Waals surface area contributed by atoms with E-state index in [9.17, 15) is 4.79 Å². The molecule has 1 aliphatic heterocycles. The molecular formula is C12H14O4S. The molecule has 0 unspecified atom stereocenters. The number of carboxylic acids is 1. The summed E-state index contributed by atoms with van der Waals surface area (Å²) in [5.74, 6) is 0.613. The Kier molecular flexibility index (Phi) is 3.78. The van der Waals surface area contributed by atoms with Crippen LogP contribution < -0.4 is 9.47 Å². The van der Waals surface area contributed by atoms with Gasteiger partial charge in [-0.3, -0.25) is 4.79 Å². The van der Waals surface area contributed by atoms with Gasteiger partial charge in [0.15, 0.2) is 11.5 Å². The van der Waals surface area contributed by atoms with E-state index in [1.165, 1.54) is 11.8 Å². The second-order valence-corrected chi connectivity index (χ2v) is 5.17. The number of benzene rings is 1. The number of carbonyl (C=O) groups is 1. The second kappa shape index (κ2) is 5.31. The van der Waals surface area contributed by atoms with E-state index in [0.29, 0.717) is 19.0 Å². The van der Waals surface area contributed by atoms with E-state index in [0.717, 1.165) is 17.1 Å². The lowest BCUT2D eigenvalue weighted by atomic mass is 10.3. The SMILES string of the molecule is C[C@H](Sc1ccc2c(c1)OCCCO2)C(=O)O. The van der Waals surface area contributed by atoms with E-state index >= 15 is 0 Å². The largest absolute Gasteiger partial charge is 0.490 e. The molecule has 0 aromatic heterocycles. The summed E-state index contributed by atoms with van der Waals surface area (Å²) in [4.78, 5) is 11.6. The molecule has 1 aromatic carbocycles. The minimum atomic E-state index is -0.817. The van der Waals surface area contributed by atoms with Crippen molar-refractivity contribution in [3.05, 3.63) is 18.2 Å². The molecule has 1 aliphatic rings. The van der Waals surface area contributed by atoms with Crippen molar-refractivity contribution in [2.24, 2.45) is 0 Å². The number of hydrogen-bond donors (Lipinski definition) is 1. The Hall–Kier alpha value is -1.36. The summed E-state index contributed by atoms with van der Waals surface area (Å²) in [6.45, 7) is 2.96. The predicted molar refractivity (Wildman–Crippen MR) is 65.0 cm³/mol. The molecule has 2 rings (SSSR count). The van der Waals surface area contributed by atoms with Gasteiger partial charge < -0.3 is 14.6 Å². The average molecular weight is 254 g/mol. The molecule has 5 heteroatoms. The quantitative estimate of drug-likeness (QED) is 0.839. The van der Waals surface area contributed by atoms with Crippen molar-refractivity contribution in [1.82, 2.24) is 0 Å². The van der Waals surface area contributed by atoms with Crippen molar-refractivity contribution in [2.45, 2.75) is 23.5 Å². The van der Waals surface area contributed by atoms with Gasteiger partial charge in [0.2, 0.25) is 0 Å². The summed E-state index contributed by atoms with van der Waals surface area (Å²) >= 11 is 1.30. The topological polar surface area (TPSA) is 55.8 Å². The molecule has 4 nitrogen and oxygen atoms in total. The monoisotopic (exact) mass is 254 g/mol. The van der Waals surface area contributed by atoms with E-state index in [2.05, 4.69) is 0 Å². The molecule has 0 fully saturated rings. The molecule has 92 valence electrons. The number of ether oxygens (including phenoxy) is 2. The molecule has 0 aliphatic carbocycles. The normalized spacial score (nSPS) is 16.1. The molecule has 17 heavy (non-hydrogen) atoms. The van der Waals surface area contributed by atoms with Gasteiger partial charge in [0.25, 0.3) is 0 Å². The lowest BCUT2D eigenvalue weighted by Crippen LogP contribution is -2.10. The molecule has 1 heterocycles. The highest BCUT2D eigenvalue weighted by molar-refractivity contribution is 8.00. The molecule has 0 bridgehead atoms. The van der Waals surface area contributed by atoms with E-state index in [1.54, 1.807) is 6.92 Å². The number of rotatable bonds is 3. The minimum absolute atomic E-state index is 0.472. The van der Waals surface area contributed by atoms with Crippen LogP contribution in [-0.2, 0) is 4.79 Å². The third kappa shape index (κ3) is 3.06. The highest BCUT2D eigenvalue weighted by Gasteiger charge is 2.15. The van der Waals surface area contributed by atoms with Gasteiger partial charge in [-0.05, 0) is 25.1 Å². The zero-order valence-electron chi connectivity index (χ0n) is 9.51. The molecule has 0 amide bonds. The Morgan fingerprint density at radius 3 is 2.76 bits per heavy atom. The second-order valence-electron chi connectivity index (χ2n) is 3.76.